The first-order chi connectivity index (χ1) is 13.0. The normalized spacial score (nSPS) is 10.6. The van der Waals surface area contributed by atoms with Gasteiger partial charge in [0.1, 0.15) is 18.2 Å². The van der Waals surface area contributed by atoms with Crippen LogP contribution in [0.4, 0.5) is 5.82 Å². The molecule has 2 aromatic heterocycles. The summed E-state index contributed by atoms with van der Waals surface area (Å²) in [4.78, 5) is 16.2. The SMILES string of the molecule is Cc1ccccc1OCc1nnc(SCC(=O)Nc2ccc(Br)cn2)n1C. The van der Waals surface area contributed by atoms with Gasteiger partial charge in [-0.1, -0.05) is 30.0 Å². The number of carbonyl (C=O) groups is 1. The maximum absolute atomic E-state index is 12.1. The van der Waals surface area contributed by atoms with Crippen molar-refractivity contribution < 1.29 is 9.53 Å². The number of anilines is 1. The van der Waals surface area contributed by atoms with E-state index in [4.69, 9.17) is 4.74 Å². The Kier molecular flexibility index (Phi) is 6.46. The first-order valence-corrected chi connectivity index (χ1v) is 9.91. The molecular weight excluding hydrogens is 430 g/mol. The Balaban J connectivity index is 1.53. The molecule has 0 atom stereocenters. The zero-order valence-corrected chi connectivity index (χ0v) is 17.2. The number of carbonyl (C=O) groups excluding carboxylic acids is 1. The van der Waals surface area contributed by atoms with Crippen molar-refractivity contribution in [3.8, 4) is 5.75 Å². The second-order valence-corrected chi connectivity index (χ2v) is 7.57. The van der Waals surface area contributed by atoms with Crippen molar-refractivity contribution in [2.24, 2.45) is 7.05 Å². The lowest BCUT2D eigenvalue weighted by molar-refractivity contribution is -0.113. The van der Waals surface area contributed by atoms with E-state index in [0.717, 1.165) is 15.8 Å². The standard InChI is InChI=1S/C18H18BrN5O2S/c1-12-5-3-4-6-14(12)26-10-16-22-23-18(24(16)2)27-11-17(25)21-15-8-7-13(19)9-20-15/h3-9H,10-11H2,1-2H3,(H,20,21,25). The molecule has 3 aromatic rings. The lowest BCUT2D eigenvalue weighted by atomic mass is 10.2. The van der Waals surface area contributed by atoms with Crippen LogP contribution in [0, 0.1) is 6.92 Å². The first-order valence-electron chi connectivity index (χ1n) is 8.14. The summed E-state index contributed by atoms with van der Waals surface area (Å²) in [7, 11) is 1.85. The van der Waals surface area contributed by atoms with E-state index in [1.165, 1.54) is 11.8 Å². The number of hydrogen-bond acceptors (Lipinski definition) is 6. The molecule has 0 bridgehead atoms. The lowest BCUT2D eigenvalue weighted by Gasteiger charge is -2.08. The zero-order chi connectivity index (χ0) is 19.2. The van der Waals surface area contributed by atoms with Crippen molar-refractivity contribution in [1.29, 1.82) is 0 Å². The Bertz CT molecular complexity index is 930. The number of hydrogen-bond donors (Lipinski definition) is 1. The minimum atomic E-state index is -0.157. The molecule has 27 heavy (non-hydrogen) atoms. The fourth-order valence-corrected chi connectivity index (χ4v) is 3.18. The number of rotatable bonds is 7. The molecule has 0 fully saturated rings. The summed E-state index contributed by atoms with van der Waals surface area (Å²) < 4.78 is 8.49. The maximum atomic E-state index is 12.1. The van der Waals surface area contributed by atoms with Gasteiger partial charge in [-0.05, 0) is 46.6 Å². The molecule has 0 radical (unpaired) electrons. The molecule has 9 heteroatoms. The van der Waals surface area contributed by atoms with Crippen LogP contribution in [0.25, 0.3) is 0 Å². The van der Waals surface area contributed by atoms with E-state index in [1.54, 1.807) is 12.3 Å². The third-order valence-corrected chi connectivity index (χ3v) is 5.19. The summed E-state index contributed by atoms with van der Waals surface area (Å²) in [6, 6.07) is 11.4. The van der Waals surface area contributed by atoms with Crippen LogP contribution in [0.5, 0.6) is 5.75 Å². The van der Waals surface area contributed by atoms with Gasteiger partial charge in [0.2, 0.25) is 5.91 Å². The predicted octanol–water partition coefficient (Wildman–Crippen LogP) is 3.59. The molecule has 0 spiro atoms. The number of aromatic nitrogens is 4. The number of halogens is 1. The van der Waals surface area contributed by atoms with Crippen LogP contribution in [0.3, 0.4) is 0 Å². The van der Waals surface area contributed by atoms with Crippen LogP contribution in [0.15, 0.2) is 52.2 Å². The highest BCUT2D eigenvalue weighted by atomic mass is 79.9. The minimum absolute atomic E-state index is 0.157. The smallest absolute Gasteiger partial charge is 0.236 e. The van der Waals surface area contributed by atoms with Gasteiger partial charge in [0.05, 0.1) is 5.75 Å². The molecule has 1 amide bonds. The van der Waals surface area contributed by atoms with E-state index in [1.807, 2.05) is 48.9 Å². The molecule has 0 aliphatic rings. The highest BCUT2D eigenvalue weighted by molar-refractivity contribution is 9.10. The van der Waals surface area contributed by atoms with Crippen LogP contribution in [-0.2, 0) is 18.4 Å². The summed E-state index contributed by atoms with van der Waals surface area (Å²) in [6.45, 7) is 2.30. The van der Waals surface area contributed by atoms with Gasteiger partial charge in [-0.25, -0.2) is 4.98 Å². The number of ether oxygens (including phenoxy) is 1. The van der Waals surface area contributed by atoms with Gasteiger partial charge < -0.3 is 14.6 Å². The second kappa shape index (κ2) is 9.01. The van der Waals surface area contributed by atoms with Gasteiger partial charge in [0, 0.05) is 17.7 Å². The van der Waals surface area contributed by atoms with E-state index >= 15 is 0 Å². The van der Waals surface area contributed by atoms with Gasteiger partial charge in [-0.3, -0.25) is 4.79 Å². The Hall–Kier alpha value is -2.39. The Morgan fingerprint density at radius 2 is 2.07 bits per heavy atom. The number of para-hydroxylation sites is 1. The van der Waals surface area contributed by atoms with Crippen molar-refractivity contribution in [2.75, 3.05) is 11.1 Å². The summed E-state index contributed by atoms with van der Waals surface area (Å²) in [6.07, 6.45) is 1.63. The molecule has 7 nitrogen and oxygen atoms in total. The Morgan fingerprint density at radius 1 is 1.26 bits per heavy atom. The van der Waals surface area contributed by atoms with Crippen LogP contribution in [0.1, 0.15) is 11.4 Å². The third kappa shape index (κ3) is 5.30. The molecule has 1 N–H and O–H groups in total. The fourth-order valence-electron chi connectivity index (χ4n) is 2.22. The van der Waals surface area contributed by atoms with Crippen LogP contribution < -0.4 is 10.1 Å². The van der Waals surface area contributed by atoms with Gasteiger partial charge in [-0.2, -0.15) is 0 Å². The highest BCUT2D eigenvalue weighted by Crippen LogP contribution is 2.20. The van der Waals surface area contributed by atoms with E-state index < -0.39 is 0 Å². The molecule has 1 aromatic carbocycles. The molecule has 3 rings (SSSR count). The summed E-state index contributed by atoms with van der Waals surface area (Å²) >= 11 is 4.62. The first kappa shape index (κ1) is 19.4. The van der Waals surface area contributed by atoms with Crippen LogP contribution >= 0.6 is 27.7 Å². The Labute approximate surface area is 169 Å². The maximum Gasteiger partial charge on any atom is 0.236 e. The van der Waals surface area contributed by atoms with Crippen molar-refractivity contribution >= 4 is 39.4 Å². The minimum Gasteiger partial charge on any atom is -0.485 e. The molecule has 0 saturated carbocycles. The van der Waals surface area contributed by atoms with E-state index in [-0.39, 0.29) is 11.7 Å². The lowest BCUT2D eigenvalue weighted by Crippen LogP contribution is -2.15. The van der Waals surface area contributed by atoms with Crippen molar-refractivity contribution in [3.05, 3.63) is 58.5 Å². The largest absolute Gasteiger partial charge is 0.485 e. The van der Waals surface area contributed by atoms with Gasteiger partial charge in [0.25, 0.3) is 0 Å². The quantitative estimate of drug-likeness (QED) is 0.557. The average Bonchev–Trinajstić information content (AvgIpc) is 3.01. The van der Waals surface area contributed by atoms with E-state index in [9.17, 15) is 4.79 Å². The molecular formula is C18H18BrN5O2S. The number of pyridine rings is 1. The Morgan fingerprint density at radius 3 is 2.81 bits per heavy atom. The van der Waals surface area contributed by atoms with Gasteiger partial charge in [0.15, 0.2) is 11.0 Å². The molecule has 140 valence electrons. The number of amides is 1. The van der Waals surface area contributed by atoms with Gasteiger partial charge >= 0.3 is 0 Å². The molecule has 0 aliphatic carbocycles. The van der Waals surface area contributed by atoms with Crippen LogP contribution in [0.2, 0.25) is 0 Å². The number of nitrogens with zero attached hydrogens (tertiary/aromatic N) is 4. The molecule has 0 aliphatic heterocycles. The second-order valence-electron chi connectivity index (χ2n) is 5.71. The van der Waals surface area contributed by atoms with Crippen molar-refractivity contribution in [2.45, 2.75) is 18.7 Å². The molecule has 0 saturated heterocycles. The van der Waals surface area contributed by atoms with E-state index in [0.29, 0.717) is 23.4 Å². The summed E-state index contributed by atoms with van der Waals surface area (Å²) in [5, 5.41) is 11.7. The highest BCUT2D eigenvalue weighted by Gasteiger charge is 2.13. The van der Waals surface area contributed by atoms with Gasteiger partial charge in [-0.15, -0.1) is 10.2 Å². The number of aryl methyl sites for hydroxylation is 1. The summed E-state index contributed by atoms with van der Waals surface area (Å²) in [5.41, 5.74) is 1.06. The summed E-state index contributed by atoms with van der Waals surface area (Å²) in [5.74, 6) is 2.07. The molecule has 2 heterocycles. The zero-order valence-electron chi connectivity index (χ0n) is 14.8. The number of benzene rings is 1. The molecule has 0 unspecified atom stereocenters. The monoisotopic (exact) mass is 447 g/mol. The topological polar surface area (TPSA) is 81.9 Å². The van der Waals surface area contributed by atoms with Crippen molar-refractivity contribution in [1.82, 2.24) is 19.7 Å². The number of thioether (sulfide) groups is 1. The average molecular weight is 448 g/mol. The third-order valence-electron chi connectivity index (χ3n) is 3.70. The predicted molar refractivity (Wildman–Crippen MR) is 108 cm³/mol. The van der Waals surface area contributed by atoms with Crippen LogP contribution in [-0.4, -0.2) is 31.4 Å². The van der Waals surface area contributed by atoms with E-state index in [2.05, 4.69) is 36.4 Å². The van der Waals surface area contributed by atoms with Crippen molar-refractivity contribution in [3.63, 3.8) is 0 Å². The fraction of sp³-hybridized carbons (Fsp3) is 0.222. The number of nitrogens with one attached hydrogen (secondary N) is 1.